The summed E-state index contributed by atoms with van der Waals surface area (Å²) in [5.41, 5.74) is 2.91. The van der Waals surface area contributed by atoms with E-state index in [1.54, 1.807) is 19.1 Å². The summed E-state index contributed by atoms with van der Waals surface area (Å²) >= 11 is 6.02. The maximum atomic E-state index is 12.2. The molecule has 1 amide bonds. The Kier molecular flexibility index (Phi) is 4.86. The number of anilines is 1. The quantitative estimate of drug-likeness (QED) is 0.911. The Morgan fingerprint density at radius 3 is 2.62 bits per heavy atom. The maximum absolute atomic E-state index is 12.2. The summed E-state index contributed by atoms with van der Waals surface area (Å²) in [6.07, 6.45) is -0.634. The van der Waals surface area contributed by atoms with E-state index in [9.17, 15) is 4.79 Å². The van der Waals surface area contributed by atoms with Gasteiger partial charge in [0.05, 0.1) is 5.02 Å². The van der Waals surface area contributed by atoms with Crippen LogP contribution in [0.15, 0.2) is 42.5 Å². The fourth-order valence-electron chi connectivity index (χ4n) is 1.89. The number of nitrogens with one attached hydrogen (secondary N) is 1. The minimum atomic E-state index is -0.634. The van der Waals surface area contributed by atoms with E-state index in [1.807, 2.05) is 44.2 Å². The molecule has 2 aromatic carbocycles. The molecule has 2 aromatic rings. The second kappa shape index (κ2) is 6.64. The average molecular weight is 304 g/mol. The molecular weight excluding hydrogens is 286 g/mol. The Bertz CT molecular complexity index is 655. The van der Waals surface area contributed by atoms with Gasteiger partial charge in [-0.1, -0.05) is 35.9 Å². The number of ether oxygens (including phenoxy) is 1. The van der Waals surface area contributed by atoms with E-state index in [4.69, 9.17) is 16.3 Å². The average Bonchev–Trinajstić information content (AvgIpc) is 2.45. The molecule has 0 aliphatic carbocycles. The molecular formula is C17H18ClNO2. The fraction of sp³-hybridized carbons (Fsp3) is 0.235. The van der Waals surface area contributed by atoms with Gasteiger partial charge in [0.1, 0.15) is 5.75 Å². The molecule has 1 N–H and O–H groups in total. The topological polar surface area (TPSA) is 38.3 Å². The molecule has 0 fully saturated rings. The zero-order valence-electron chi connectivity index (χ0n) is 12.3. The molecule has 0 unspecified atom stereocenters. The lowest BCUT2D eigenvalue weighted by Gasteiger charge is -2.16. The van der Waals surface area contributed by atoms with Crippen LogP contribution < -0.4 is 10.1 Å². The lowest BCUT2D eigenvalue weighted by Crippen LogP contribution is -2.30. The van der Waals surface area contributed by atoms with Gasteiger partial charge in [0.15, 0.2) is 6.10 Å². The molecule has 0 aromatic heterocycles. The third-order valence-corrected chi connectivity index (χ3v) is 3.47. The van der Waals surface area contributed by atoms with Gasteiger partial charge in [-0.2, -0.15) is 0 Å². The summed E-state index contributed by atoms with van der Waals surface area (Å²) in [5, 5.41) is 3.37. The Hall–Kier alpha value is -2.00. The molecule has 3 nitrogen and oxygen atoms in total. The molecule has 21 heavy (non-hydrogen) atoms. The van der Waals surface area contributed by atoms with Crippen LogP contribution in [0.4, 0.5) is 5.69 Å². The van der Waals surface area contributed by atoms with E-state index in [1.165, 1.54) is 0 Å². The third-order valence-electron chi connectivity index (χ3n) is 3.16. The van der Waals surface area contributed by atoms with Crippen molar-refractivity contribution >= 4 is 23.2 Å². The first-order valence-electron chi connectivity index (χ1n) is 6.76. The van der Waals surface area contributed by atoms with Gasteiger partial charge < -0.3 is 10.1 Å². The highest BCUT2D eigenvalue weighted by molar-refractivity contribution is 6.32. The highest BCUT2D eigenvalue weighted by Crippen LogP contribution is 2.24. The summed E-state index contributed by atoms with van der Waals surface area (Å²) in [4.78, 5) is 12.2. The second-order valence-electron chi connectivity index (χ2n) is 5.00. The highest BCUT2D eigenvalue weighted by atomic mass is 35.5. The van der Waals surface area contributed by atoms with Crippen molar-refractivity contribution in [2.45, 2.75) is 26.9 Å². The van der Waals surface area contributed by atoms with E-state index in [-0.39, 0.29) is 5.91 Å². The number of halogens is 1. The first kappa shape index (κ1) is 15.4. The molecule has 0 saturated heterocycles. The van der Waals surface area contributed by atoms with Crippen LogP contribution in [0.2, 0.25) is 5.02 Å². The predicted molar refractivity (Wildman–Crippen MR) is 86.1 cm³/mol. The van der Waals surface area contributed by atoms with Gasteiger partial charge in [-0.05, 0) is 50.1 Å². The van der Waals surface area contributed by atoms with Crippen LogP contribution >= 0.6 is 11.6 Å². The molecule has 0 spiro atoms. The van der Waals surface area contributed by atoms with Gasteiger partial charge in [0, 0.05) is 5.69 Å². The molecule has 0 aliphatic heterocycles. The number of para-hydroxylation sites is 1. The van der Waals surface area contributed by atoms with Crippen molar-refractivity contribution in [3.8, 4) is 5.75 Å². The summed E-state index contributed by atoms with van der Waals surface area (Å²) in [5.74, 6) is 0.298. The first-order valence-corrected chi connectivity index (χ1v) is 7.14. The second-order valence-corrected chi connectivity index (χ2v) is 5.41. The summed E-state index contributed by atoms with van der Waals surface area (Å²) < 4.78 is 5.61. The molecule has 0 radical (unpaired) electrons. The van der Waals surface area contributed by atoms with Crippen molar-refractivity contribution in [2.24, 2.45) is 0 Å². The normalized spacial score (nSPS) is 11.8. The zero-order valence-corrected chi connectivity index (χ0v) is 13.1. The Labute approximate surface area is 129 Å². The molecule has 0 bridgehead atoms. The molecule has 110 valence electrons. The SMILES string of the molecule is Cc1ccc(C)c(NC(=O)[C@@H](C)Oc2ccccc2Cl)c1. The van der Waals surface area contributed by atoms with Crippen molar-refractivity contribution < 1.29 is 9.53 Å². The zero-order chi connectivity index (χ0) is 15.4. The summed E-state index contributed by atoms with van der Waals surface area (Å²) in [7, 11) is 0. The van der Waals surface area contributed by atoms with Crippen molar-refractivity contribution in [1.82, 2.24) is 0 Å². The van der Waals surface area contributed by atoms with E-state index < -0.39 is 6.10 Å². The van der Waals surface area contributed by atoms with Gasteiger partial charge in [0.25, 0.3) is 5.91 Å². The molecule has 0 saturated carbocycles. The van der Waals surface area contributed by atoms with Crippen LogP contribution in [0.25, 0.3) is 0 Å². The number of carbonyl (C=O) groups excluding carboxylic acids is 1. The van der Waals surface area contributed by atoms with E-state index >= 15 is 0 Å². The maximum Gasteiger partial charge on any atom is 0.265 e. The lowest BCUT2D eigenvalue weighted by molar-refractivity contribution is -0.122. The lowest BCUT2D eigenvalue weighted by atomic mass is 10.1. The van der Waals surface area contributed by atoms with E-state index in [0.29, 0.717) is 10.8 Å². The van der Waals surface area contributed by atoms with Crippen LogP contribution in [-0.4, -0.2) is 12.0 Å². The minimum Gasteiger partial charge on any atom is -0.479 e. The Morgan fingerprint density at radius 2 is 1.90 bits per heavy atom. The monoisotopic (exact) mass is 303 g/mol. The number of amides is 1. The third kappa shape index (κ3) is 3.99. The number of carbonyl (C=O) groups is 1. The van der Waals surface area contributed by atoms with E-state index in [0.717, 1.165) is 16.8 Å². The van der Waals surface area contributed by atoms with Crippen molar-refractivity contribution in [1.29, 1.82) is 0 Å². The smallest absolute Gasteiger partial charge is 0.265 e. The number of hydrogen-bond donors (Lipinski definition) is 1. The van der Waals surface area contributed by atoms with Crippen LogP contribution in [0.5, 0.6) is 5.75 Å². The van der Waals surface area contributed by atoms with Crippen LogP contribution in [0, 0.1) is 13.8 Å². The molecule has 2 rings (SSSR count). The molecule has 4 heteroatoms. The number of hydrogen-bond acceptors (Lipinski definition) is 2. The molecule has 0 heterocycles. The highest BCUT2D eigenvalue weighted by Gasteiger charge is 2.16. The summed E-state index contributed by atoms with van der Waals surface area (Å²) in [6.45, 7) is 5.64. The standard InChI is InChI=1S/C17H18ClNO2/c1-11-8-9-12(2)15(10-11)19-17(20)13(3)21-16-7-5-4-6-14(16)18/h4-10,13H,1-3H3,(H,19,20)/t13-/m1/s1. The van der Waals surface area contributed by atoms with Gasteiger partial charge in [-0.15, -0.1) is 0 Å². The largest absolute Gasteiger partial charge is 0.479 e. The van der Waals surface area contributed by atoms with Crippen LogP contribution in [-0.2, 0) is 4.79 Å². The molecule has 1 atom stereocenters. The number of aryl methyl sites for hydroxylation is 2. The Balaban J connectivity index is 2.06. The van der Waals surface area contributed by atoms with Crippen molar-refractivity contribution in [3.05, 3.63) is 58.6 Å². The van der Waals surface area contributed by atoms with Crippen molar-refractivity contribution in [2.75, 3.05) is 5.32 Å². The van der Waals surface area contributed by atoms with E-state index in [2.05, 4.69) is 5.32 Å². The Morgan fingerprint density at radius 1 is 1.19 bits per heavy atom. The number of rotatable bonds is 4. The van der Waals surface area contributed by atoms with Crippen LogP contribution in [0.1, 0.15) is 18.1 Å². The predicted octanol–water partition coefficient (Wildman–Crippen LogP) is 4.36. The van der Waals surface area contributed by atoms with Gasteiger partial charge in [-0.3, -0.25) is 4.79 Å². The minimum absolute atomic E-state index is 0.205. The van der Waals surface area contributed by atoms with Gasteiger partial charge in [-0.25, -0.2) is 0 Å². The van der Waals surface area contributed by atoms with Crippen LogP contribution in [0.3, 0.4) is 0 Å². The van der Waals surface area contributed by atoms with Gasteiger partial charge >= 0.3 is 0 Å². The van der Waals surface area contributed by atoms with Crippen molar-refractivity contribution in [3.63, 3.8) is 0 Å². The summed E-state index contributed by atoms with van der Waals surface area (Å²) in [6, 6.07) is 13.0. The molecule has 0 aliphatic rings. The first-order chi connectivity index (χ1) is 9.97. The number of benzene rings is 2. The fourth-order valence-corrected chi connectivity index (χ4v) is 2.07. The van der Waals surface area contributed by atoms with Gasteiger partial charge in [0.2, 0.25) is 0 Å².